The molecule has 130 valence electrons. The third kappa shape index (κ3) is 2.53. The normalized spacial score (nSPS) is 11.1. The predicted octanol–water partition coefficient (Wildman–Crippen LogP) is 1.40. The first-order chi connectivity index (χ1) is 12.5. The van der Waals surface area contributed by atoms with Crippen molar-refractivity contribution in [2.75, 3.05) is 5.73 Å². The van der Waals surface area contributed by atoms with Gasteiger partial charge in [-0.25, -0.2) is 14.2 Å². The molecule has 0 radical (unpaired) electrons. The fraction of sp³-hybridized carbons (Fsp3) is 0.0556. The van der Waals surface area contributed by atoms with E-state index in [0.29, 0.717) is 5.69 Å². The molecule has 4 aromatic rings. The number of aromatic nitrogens is 3. The molecule has 2 heterocycles. The summed E-state index contributed by atoms with van der Waals surface area (Å²) in [5.41, 5.74) is 7.07. The van der Waals surface area contributed by atoms with Crippen molar-refractivity contribution >= 4 is 22.7 Å². The van der Waals surface area contributed by atoms with E-state index in [9.17, 15) is 14.4 Å². The Morgan fingerprint density at radius 3 is 2.65 bits per heavy atom. The Kier molecular flexibility index (Phi) is 3.58. The van der Waals surface area contributed by atoms with Crippen LogP contribution >= 0.6 is 0 Å². The van der Waals surface area contributed by atoms with Crippen LogP contribution in [-0.2, 0) is 6.54 Å². The van der Waals surface area contributed by atoms with Gasteiger partial charge in [0.05, 0.1) is 6.54 Å². The minimum atomic E-state index is -0.837. The summed E-state index contributed by atoms with van der Waals surface area (Å²) in [4.78, 5) is 39.8. The zero-order valence-corrected chi connectivity index (χ0v) is 13.5. The van der Waals surface area contributed by atoms with Gasteiger partial charge >= 0.3 is 11.4 Å². The van der Waals surface area contributed by atoms with Gasteiger partial charge in [-0.05, 0) is 23.8 Å². The fourth-order valence-corrected chi connectivity index (χ4v) is 2.84. The monoisotopic (exact) mass is 350 g/mol. The van der Waals surface area contributed by atoms with Gasteiger partial charge in [0.1, 0.15) is 11.2 Å². The van der Waals surface area contributed by atoms with Crippen molar-refractivity contribution in [1.82, 2.24) is 14.1 Å². The topological polar surface area (TPSA) is 116 Å². The van der Waals surface area contributed by atoms with E-state index in [-0.39, 0.29) is 23.3 Å². The number of benzene rings is 2. The van der Waals surface area contributed by atoms with Crippen LogP contribution in [0.5, 0.6) is 0 Å². The number of aromatic amines is 1. The van der Waals surface area contributed by atoms with Crippen molar-refractivity contribution in [3.63, 3.8) is 0 Å². The fourth-order valence-electron chi connectivity index (χ4n) is 2.84. The van der Waals surface area contributed by atoms with Gasteiger partial charge in [-0.2, -0.15) is 0 Å². The maximum absolute atomic E-state index is 13.0. The molecule has 0 saturated carbocycles. The maximum atomic E-state index is 13.0. The molecule has 8 nitrogen and oxygen atoms in total. The number of oxazole rings is 1. The van der Waals surface area contributed by atoms with Crippen LogP contribution < -0.4 is 17.2 Å². The van der Waals surface area contributed by atoms with Gasteiger partial charge in [0.2, 0.25) is 0 Å². The summed E-state index contributed by atoms with van der Waals surface area (Å²) in [6, 6.07) is 13.8. The third-order valence-electron chi connectivity index (χ3n) is 4.08. The van der Waals surface area contributed by atoms with Crippen molar-refractivity contribution < 1.29 is 9.21 Å². The van der Waals surface area contributed by atoms with Gasteiger partial charge in [0.15, 0.2) is 5.58 Å². The minimum absolute atomic E-state index is 0.0473. The Morgan fingerprint density at radius 1 is 1.12 bits per heavy atom. The van der Waals surface area contributed by atoms with Gasteiger partial charge in [0, 0.05) is 11.9 Å². The number of carbonyl (C=O) groups excluding carboxylic acids is 1. The lowest BCUT2D eigenvalue weighted by Gasteiger charge is -2.07. The number of nitrogen functional groups attached to an aromatic ring is 1. The molecule has 3 N–H and O–H groups in total. The Bertz CT molecular complexity index is 1230. The largest absolute Gasteiger partial charge is 0.427 e. The highest BCUT2D eigenvalue weighted by atomic mass is 16.4. The molecule has 0 atom stereocenters. The summed E-state index contributed by atoms with van der Waals surface area (Å²) in [5, 5.41) is 0. The smallest absolute Gasteiger partial charge is 0.407 e. The molecule has 0 unspecified atom stereocenters. The van der Waals surface area contributed by atoms with E-state index in [4.69, 9.17) is 10.2 Å². The van der Waals surface area contributed by atoms with Crippen molar-refractivity contribution in [2.24, 2.45) is 0 Å². The molecule has 4 rings (SSSR count). The van der Waals surface area contributed by atoms with E-state index >= 15 is 0 Å². The van der Waals surface area contributed by atoms with E-state index < -0.39 is 17.4 Å². The number of imidazole rings is 1. The summed E-state index contributed by atoms with van der Waals surface area (Å²) in [5.74, 6) is -1.51. The highest BCUT2D eigenvalue weighted by Gasteiger charge is 2.22. The lowest BCUT2D eigenvalue weighted by molar-refractivity contribution is 0.0947. The van der Waals surface area contributed by atoms with Crippen LogP contribution in [0.25, 0.3) is 11.1 Å². The summed E-state index contributed by atoms with van der Waals surface area (Å²) in [7, 11) is 0. The molecule has 0 aliphatic heterocycles. The molecule has 0 fully saturated rings. The molecular weight excluding hydrogens is 336 g/mol. The number of fused-ring (bicyclic) bond motifs is 1. The number of rotatable bonds is 3. The molecule has 0 bridgehead atoms. The molecule has 0 saturated heterocycles. The zero-order valence-electron chi connectivity index (χ0n) is 13.5. The third-order valence-corrected chi connectivity index (χ3v) is 4.08. The van der Waals surface area contributed by atoms with Crippen LogP contribution in [0.2, 0.25) is 0 Å². The van der Waals surface area contributed by atoms with Gasteiger partial charge in [0.25, 0.3) is 5.91 Å². The Balaban J connectivity index is 1.84. The van der Waals surface area contributed by atoms with Crippen LogP contribution in [0, 0.1) is 0 Å². The first-order valence-corrected chi connectivity index (χ1v) is 7.82. The lowest BCUT2D eigenvalue weighted by Crippen LogP contribution is -2.28. The van der Waals surface area contributed by atoms with E-state index in [1.165, 1.54) is 22.9 Å². The summed E-state index contributed by atoms with van der Waals surface area (Å²) >= 11 is 0. The average Bonchev–Trinajstić information content (AvgIpc) is 3.15. The molecule has 2 aromatic heterocycles. The van der Waals surface area contributed by atoms with E-state index in [1.54, 1.807) is 6.07 Å². The Morgan fingerprint density at radius 2 is 1.88 bits per heavy atom. The van der Waals surface area contributed by atoms with Crippen LogP contribution in [-0.4, -0.2) is 20.0 Å². The highest BCUT2D eigenvalue weighted by Crippen LogP contribution is 2.17. The first kappa shape index (κ1) is 15.7. The number of hydrogen-bond donors (Lipinski definition) is 2. The van der Waals surface area contributed by atoms with Crippen LogP contribution in [0.4, 0.5) is 5.69 Å². The van der Waals surface area contributed by atoms with Crippen LogP contribution in [0.15, 0.2) is 68.7 Å². The summed E-state index contributed by atoms with van der Waals surface area (Å²) in [6.45, 7) is 0.191. The zero-order chi connectivity index (χ0) is 18.3. The van der Waals surface area contributed by atoms with Crippen molar-refractivity contribution in [3.05, 3.63) is 87.0 Å². The number of anilines is 1. The number of nitrogens with zero attached hydrogens (tertiary/aromatic N) is 2. The van der Waals surface area contributed by atoms with Crippen molar-refractivity contribution in [2.45, 2.75) is 6.54 Å². The second-order valence-electron chi connectivity index (χ2n) is 5.79. The minimum Gasteiger partial charge on any atom is -0.407 e. The van der Waals surface area contributed by atoms with Gasteiger partial charge in [-0.3, -0.25) is 9.36 Å². The number of nitrogens with two attached hydrogens (primary N) is 1. The van der Waals surface area contributed by atoms with Gasteiger partial charge < -0.3 is 15.1 Å². The standard InChI is InChI=1S/C18H14N4O4/c19-12-6-7-15-13(8-12)22(18(25)26-15)16(23)14-9-20-17(24)21(14)10-11-4-2-1-3-5-11/h1-9H,10,19H2,(H,20,24). The molecule has 2 aromatic carbocycles. The summed E-state index contributed by atoms with van der Waals surface area (Å²) in [6.07, 6.45) is 1.28. The van der Waals surface area contributed by atoms with Crippen LogP contribution in [0.1, 0.15) is 16.1 Å². The number of carbonyl (C=O) groups is 1. The second-order valence-corrected chi connectivity index (χ2v) is 5.79. The average molecular weight is 350 g/mol. The number of H-pyrrole nitrogens is 1. The SMILES string of the molecule is Nc1ccc2oc(=O)n(C(=O)c3c[nH]c(=O)n3Cc3ccccc3)c2c1. The maximum Gasteiger partial charge on any atom is 0.427 e. The molecule has 0 aliphatic rings. The molecule has 8 heteroatoms. The molecular formula is C18H14N4O4. The van der Waals surface area contributed by atoms with Crippen LogP contribution in [0.3, 0.4) is 0 Å². The highest BCUT2D eigenvalue weighted by molar-refractivity contribution is 5.99. The summed E-state index contributed by atoms with van der Waals surface area (Å²) < 4.78 is 7.24. The molecule has 26 heavy (non-hydrogen) atoms. The van der Waals surface area contributed by atoms with E-state index in [2.05, 4.69) is 4.98 Å². The van der Waals surface area contributed by atoms with Crippen molar-refractivity contribution in [1.29, 1.82) is 0 Å². The quantitative estimate of drug-likeness (QED) is 0.542. The molecule has 0 amide bonds. The Hall–Kier alpha value is -3.81. The van der Waals surface area contributed by atoms with E-state index in [0.717, 1.165) is 10.1 Å². The lowest BCUT2D eigenvalue weighted by atomic mass is 10.2. The second kappa shape index (κ2) is 5.92. The number of nitrogens with one attached hydrogen (secondary N) is 1. The van der Waals surface area contributed by atoms with Gasteiger partial charge in [-0.15, -0.1) is 0 Å². The van der Waals surface area contributed by atoms with Crippen molar-refractivity contribution in [3.8, 4) is 0 Å². The molecule has 0 aliphatic carbocycles. The molecule has 0 spiro atoms. The van der Waals surface area contributed by atoms with E-state index in [1.807, 2.05) is 30.3 Å². The van der Waals surface area contributed by atoms with Gasteiger partial charge in [-0.1, -0.05) is 30.3 Å². The predicted molar refractivity (Wildman–Crippen MR) is 95.2 cm³/mol. The first-order valence-electron chi connectivity index (χ1n) is 7.82. The Labute approximate surface area is 146 Å². The number of hydrogen-bond acceptors (Lipinski definition) is 5.